The van der Waals surface area contributed by atoms with Crippen LogP contribution in [0.15, 0.2) is 41.3 Å². The van der Waals surface area contributed by atoms with E-state index >= 15 is 0 Å². The van der Waals surface area contributed by atoms with Gasteiger partial charge in [0.25, 0.3) is 5.91 Å². The molecule has 1 N–H and O–H groups in total. The number of ether oxygens (including phenoxy) is 1. The van der Waals surface area contributed by atoms with E-state index in [0.717, 1.165) is 24.5 Å². The molecule has 0 unspecified atom stereocenters. The number of nitrogens with one attached hydrogen (secondary N) is 1. The third-order valence-corrected chi connectivity index (χ3v) is 3.79. The molecular weight excluding hydrogens is 294 g/mol. The molecule has 0 bridgehead atoms. The van der Waals surface area contributed by atoms with Crippen molar-refractivity contribution in [2.45, 2.75) is 32.6 Å². The number of nitrogens with zero attached hydrogens (tertiary/aromatic N) is 2. The largest absolute Gasteiger partial charge is 0.472 e. The molecule has 1 aliphatic rings. The van der Waals surface area contributed by atoms with Crippen molar-refractivity contribution in [2.24, 2.45) is 0 Å². The first-order valence-electron chi connectivity index (χ1n) is 7.77. The van der Waals surface area contributed by atoms with Crippen molar-refractivity contribution in [3.63, 3.8) is 0 Å². The van der Waals surface area contributed by atoms with Gasteiger partial charge in [-0.25, -0.2) is 4.98 Å². The number of amides is 1. The van der Waals surface area contributed by atoms with E-state index in [4.69, 9.17) is 9.15 Å². The predicted molar refractivity (Wildman–Crippen MR) is 86.3 cm³/mol. The van der Waals surface area contributed by atoms with Crippen LogP contribution in [0.4, 0.5) is 5.82 Å². The Bertz CT molecular complexity index is 630. The lowest BCUT2D eigenvalue weighted by molar-refractivity contribution is -0.00546. The highest BCUT2D eigenvalue weighted by Crippen LogP contribution is 2.18. The van der Waals surface area contributed by atoms with Gasteiger partial charge < -0.3 is 19.4 Å². The smallest absolute Gasteiger partial charge is 0.254 e. The molecule has 0 spiro atoms. The maximum atomic E-state index is 11.9. The van der Waals surface area contributed by atoms with Crippen LogP contribution in [0.1, 0.15) is 29.8 Å². The van der Waals surface area contributed by atoms with Gasteiger partial charge in [0.05, 0.1) is 24.0 Å². The number of hydrogen-bond donors (Lipinski definition) is 1. The van der Waals surface area contributed by atoms with E-state index in [1.54, 1.807) is 12.3 Å². The Balaban J connectivity index is 1.58. The van der Waals surface area contributed by atoms with Gasteiger partial charge in [-0.2, -0.15) is 0 Å². The van der Waals surface area contributed by atoms with Crippen molar-refractivity contribution < 1.29 is 13.9 Å². The molecule has 2 aromatic rings. The van der Waals surface area contributed by atoms with E-state index in [1.165, 1.54) is 12.5 Å². The summed E-state index contributed by atoms with van der Waals surface area (Å²) < 4.78 is 10.6. The number of aromatic nitrogens is 1. The Morgan fingerprint density at radius 2 is 2.09 bits per heavy atom. The molecule has 2 aromatic heterocycles. The number of anilines is 1. The van der Waals surface area contributed by atoms with Gasteiger partial charge in [-0.05, 0) is 31.5 Å². The Hall–Kier alpha value is -2.34. The minimum Gasteiger partial charge on any atom is -0.472 e. The van der Waals surface area contributed by atoms with Crippen LogP contribution in [0.5, 0.6) is 0 Å². The topological polar surface area (TPSA) is 67.6 Å². The molecule has 6 heteroatoms. The molecule has 122 valence electrons. The second-order valence-electron chi connectivity index (χ2n) is 5.88. The van der Waals surface area contributed by atoms with Crippen LogP contribution < -0.4 is 10.2 Å². The summed E-state index contributed by atoms with van der Waals surface area (Å²) in [4.78, 5) is 18.6. The number of carbonyl (C=O) groups is 1. The third kappa shape index (κ3) is 3.90. The van der Waals surface area contributed by atoms with Gasteiger partial charge >= 0.3 is 0 Å². The number of hydrogen-bond acceptors (Lipinski definition) is 5. The number of pyridine rings is 1. The third-order valence-electron chi connectivity index (χ3n) is 3.79. The molecular formula is C17H21N3O3. The van der Waals surface area contributed by atoms with E-state index in [2.05, 4.69) is 29.0 Å². The molecule has 2 atom stereocenters. The molecule has 6 nitrogen and oxygen atoms in total. The van der Waals surface area contributed by atoms with E-state index < -0.39 is 0 Å². The summed E-state index contributed by atoms with van der Waals surface area (Å²) in [6, 6.07) is 5.62. The maximum absolute atomic E-state index is 11.9. The van der Waals surface area contributed by atoms with Crippen LogP contribution in [0.2, 0.25) is 0 Å². The van der Waals surface area contributed by atoms with Gasteiger partial charge in [-0.1, -0.05) is 6.07 Å². The summed E-state index contributed by atoms with van der Waals surface area (Å²) in [7, 11) is 0. The van der Waals surface area contributed by atoms with Gasteiger partial charge in [-0.3, -0.25) is 4.79 Å². The molecule has 1 saturated heterocycles. The fourth-order valence-electron chi connectivity index (χ4n) is 2.75. The summed E-state index contributed by atoms with van der Waals surface area (Å²) in [5.74, 6) is 0.788. The van der Waals surface area contributed by atoms with Crippen LogP contribution >= 0.6 is 0 Å². The summed E-state index contributed by atoms with van der Waals surface area (Å²) >= 11 is 0. The predicted octanol–water partition coefficient (Wildman–Crippen LogP) is 2.22. The average molecular weight is 315 g/mol. The molecule has 3 rings (SSSR count). The van der Waals surface area contributed by atoms with Crippen LogP contribution in [0.3, 0.4) is 0 Å². The lowest BCUT2D eigenvalue weighted by atomic mass is 10.2. The zero-order valence-corrected chi connectivity index (χ0v) is 13.4. The highest BCUT2D eigenvalue weighted by molar-refractivity contribution is 5.93. The second-order valence-corrected chi connectivity index (χ2v) is 5.88. The van der Waals surface area contributed by atoms with Crippen molar-refractivity contribution in [2.75, 3.05) is 18.0 Å². The molecule has 23 heavy (non-hydrogen) atoms. The van der Waals surface area contributed by atoms with Gasteiger partial charge in [-0.15, -0.1) is 0 Å². The molecule has 1 amide bonds. The van der Waals surface area contributed by atoms with Crippen LogP contribution in [0.25, 0.3) is 0 Å². The summed E-state index contributed by atoms with van der Waals surface area (Å²) in [6.07, 6.45) is 5.12. The highest BCUT2D eigenvalue weighted by Gasteiger charge is 2.22. The quantitative estimate of drug-likeness (QED) is 0.937. The fourth-order valence-corrected chi connectivity index (χ4v) is 2.75. The van der Waals surface area contributed by atoms with Gasteiger partial charge in [0.15, 0.2) is 0 Å². The minimum absolute atomic E-state index is 0.154. The van der Waals surface area contributed by atoms with Crippen LogP contribution in [-0.2, 0) is 11.3 Å². The minimum atomic E-state index is -0.154. The lowest BCUT2D eigenvalue weighted by Crippen LogP contribution is -2.45. The number of carbonyl (C=O) groups excluding carboxylic acids is 1. The zero-order chi connectivity index (χ0) is 16.2. The lowest BCUT2D eigenvalue weighted by Gasteiger charge is -2.36. The highest BCUT2D eigenvalue weighted by atomic mass is 16.5. The van der Waals surface area contributed by atoms with Crippen LogP contribution in [0, 0.1) is 0 Å². The summed E-state index contributed by atoms with van der Waals surface area (Å²) in [6.45, 7) is 6.26. The number of morpholine rings is 1. The van der Waals surface area contributed by atoms with E-state index in [1.807, 2.05) is 12.1 Å². The molecule has 0 radical (unpaired) electrons. The average Bonchev–Trinajstić information content (AvgIpc) is 3.07. The molecule has 1 aliphatic heterocycles. The van der Waals surface area contributed by atoms with Gasteiger partial charge in [0.2, 0.25) is 0 Å². The number of furan rings is 1. The van der Waals surface area contributed by atoms with Crippen molar-refractivity contribution in [1.82, 2.24) is 10.3 Å². The Morgan fingerprint density at radius 1 is 1.30 bits per heavy atom. The van der Waals surface area contributed by atoms with Crippen molar-refractivity contribution in [1.29, 1.82) is 0 Å². The summed E-state index contributed by atoms with van der Waals surface area (Å²) in [5, 5.41) is 2.84. The molecule has 0 aliphatic carbocycles. The van der Waals surface area contributed by atoms with E-state index in [-0.39, 0.29) is 18.1 Å². The first-order chi connectivity index (χ1) is 11.1. The summed E-state index contributed by atoms with van der Waals surface area (Å²) in [5.41, 5.74) is 1.48. The Morgan fingerprint density at radius 3 is 2.70 bits per heavy atom. The molecule has 1 fully saturated rings. The first kappa shape index (κ1) is 15.6. The zero-order valence-electron chi connectivity index (χ0n) is 13.4. The fraction of sp³-hybridized carbons (Fsp3) is 0.412. The second kappa shape index (κ2) is 6.83. The standard InChI is InChI=1S/C17H21N3O3/c1-12-9-20(10-13(2)23-12)16-4-3-14(7-18-16)8-19-17(21)15-5-6-22-11-15/h3-7,11-13H,8-10H2,1-2H3,(H,19,21)/t12-,13-/m1/s1. The normalized spacial score (nSPS) is 21.2. The van der Waals surface area contributed by atoms with Crippen molar-refractivity contribution in [3.8, 4) is 0 Å². The van der Waals surface area contributed by atoms with Gasteiger partial charge in [0.1, 0.15) is 12.1 Å². The maximum Gasteiger partial charge on any atom is 0.254 e. The molecule has 0 saturated carbocycles. The van der Waals surface area contributed by atoms with Crippen molar-refractivity contribution >= 4 is 11.7 Å². The monoisotopic (exact) mass is 315 g/mol. The van der Waals surface area contributed by atoms with Gasteiger partial charge in [0, 0.05) is 25.8 Å². The Labute approximate surface area is 135 Å². The van der Waals surface area contributed by atoms with E-state index in [9.17, 15) is 4.79 Å². The first-order valence-corrected chi connectivity index (χ1v) is 7.77. The SMILES string of the molecule is C[C@@H]1CN(c2ccc(CNC(=O)c3ccoc3)cn2)C[C@@H](C)O1. The number of rotatable bonds is 4. The van der Waals surface area contributed by atoms with E-state index in [0.29, 0.717) is 12.1 Å². The molecule has 0 aromatic carbocycles. The van der Waals surface area contributed by atoms with Crippen LogP contribution in [-0.4, -0.2) is 36.2 Å². The van der Waals surface area contributed by atoms with Crippen molar-refractivity contribution in [3.05, 3.63) is 48.0 Å². The Kier molecular flexibility index (Phi) is 4.62. The molecule has 3 heterocycles.